The highest BCUT2D eigenvalue weighted by atomic mass is 16.4. The topological polar surface area (TPSA) is 94.8 Å². The fourth-order valence-corrected chi connectivity index (χ4v) is 2.26. The molecule has 0 saturated heterocycles. The molecule has 1 atom stereocenters. The van der Waals surface area contributed by atoms with Crippen molar-refractivity contribution >= 4 is 11.9 Å². The molecular weight excluding hydrogens is 212 g/mol. The molecule has 0 spiro atoms. The van der Waals surface area contributed by atoms with Gasteiger partial charge in [0.2, 0.25) is 0 Å². The van der Waals surface area contributed by atoms with Crippen LogP contribution in [0.25, 0.3) is 0 Å². The molecule has 1 fully saturated rings. The molecule has 5 heteroatoms. The molecule has 0 aromatic carbocycles. The van der Waals surface area contributed by atoms with E-state index >= 15 is 0 Å². The summed E-state index contributed by atoms with van der Waals surface area (Å²) in [4.78, 5) is 21.3. The minimum atomic E-state index is -2.10. The molecule has 0 aliphatic heterocycles. The minimum absolute atomic E-state index is 0.0271. The molecule has 5 nitrogen and oxygen atoms in total. The first-order valence-electron chi connectivity index (χ1n) is 5.61. The molecule has 0 aromatic rings. The summed E-state index contributed by atoms with van der Waals surface area (Å²) in [6.07, 6.45) is 4.31. The maximum Gasteiger partial charge on any atom is 0.336 e. The van der Waals surface area contributed by atoms with Crippen LogP contribution in [0.2, 0.25) is 0 Å². The quantitative estimate of drug-likeness (QED) is 0.638. The summed E-state index contributed by atoms with van der Waals surface area (Å²) in [6.45, 7) is 0. The van der Waals surface area contributed by atoms with Gasteiger partial charge in [0.05, 0.1) is 6.42 Å². The standard InChI is InChI=1S/C11H18O5/c12-9(13)7-11(16,10(14)15)6-5-8-3-1-2-4-8/h8,16H,1-7H2,(H,12,13)(H,14,15). The summed E-state index contributed by atoms with van der Waals surface area (Å²) >= 11 is 0. The normalized spacial score (nSPS) is 20.6. The molecule has 1 saturated carbocycles. The lowest BCUT2D eigenvalue weighted by molar-refractivity contribution is -0.166. The highest BCUT2D eigenvalue weighted by molar-refractivity contribution is 5.83. The second kappa shape index (κ2) is 5.30. The van der Waals surface area contributed by atoms with Gasteiger partial charge in [-0.3, -0.25) is 4.79 Å². The van der Waals surface area contributed by atoms with Crippen molar-refractivity contribution in [2.45, 2.75) is 50.5 Å². The zero-order valence-corrected chi connectivity index (χ0v) is 9.19. The van der Waals surface area contributed by atoms with Crippen molar-refractivity contribution in [1.29, 1.82) is 0 Å². The van der Waals surface area contributed by atoms with Crippen LogP contribution in [-0.2, 0) is 9.59 Å². The first-order valence-corrected chi connectivity index (χ1v) is 5.61. The molecule has 0 amide bonds. The average Bonchev–Trinajstić information content (AvgIpc) is 2.65. The van der Waals surface area contributed by atoms with E-state index in [1.807, 2.05) is 0 Å². The number of aliphatic hydroxyl groups is 1. The van der Waals surface area contributed by atoms with Gasteiger partial charge in [-0.15, -0.1) is 0 Å². The van der Waals surface area contributed by atoms with Gasteiger partial charge in [-0.05, 0) is 18.8 Å². The number of hydrogen-bond donors (Lipinski definition) is 3. The Hall–Kier alpha value is -1.10. The monoisotopic (exact) mass is 230 g/mol. The zero-order chi connectivity index (χ0) is 12.2. The summed E-state index contributed by atoms with van der Waals surface area (Å²) in [5.41, 5.74) is -2.10. The Morgan fingerprint density at radius 1 is 1.19 bits per heavy atom. The number of carboxylic acids is 2. The summed E-state index contributed by atoms with van der Waals surface area (Å²) in [7, 11) is 0. The fraction of sp³-hybridized carbons (Fsp3) is 0.818. The second-order valence-corrected chi connectivity index (χ2v) is 4.60. The summed E-state index contributed by atoms with van der Waals surface area (Å²) < 4.78 is 0. The molecule has 1 aliphatic carbocycles. The number of aliphatic carboxylic acids is 2. The number of hydrogen-bond acceptors (Lipinski definition) is 3. The molecule has 3 N–H and O–H groups in total. The lowest BCUT2D eigenvalue weighted by atomic mass is 9.89. The van der Waals surface area contributed by atoms with Crippen molar-refractivity contribution in [3.8, 4) is 0 Å². The molecule has 1 aliphatic rings. The predicted octanol–water partition coefficient (Wildman–Crippen LogP) is 1.25. The van der Waals surface area contributed by atoms with E-state index in [9.17, 15) is 14.7 Å². The van der Waals surface area contributed by atoms with Gasteiger partial charge in [-0.2, -0.15) is 0 Å². The van der Waals surface area contributed by atoms with E-state index in [0.29, 0.717) is 12.3 Å². The molecule has 92 valence electrons. The number of rotatable bonds is 6. The van der Waals surface area contributed by atoms with E-state index in [1.54, 1.807) is 0 Å². The second-order valence-electron chi connectivity index (χ2n) is 4.60. The third-order valence-electron chi connectivity index (χ3n) is 3.28. The van der Waals surface area contributed by atoms with Crippen molar-refractivity contribution in [3.63, 3.8) is 0 Å². The Labute approximate surface area is 94.1 Å². The first-order chi connectivity index (χ1) is 7.44. The first kappa shape index (κ1) is 13.0. The van der Waals surface area contributed by atoms with Crippen molar-refractivity contribution < 1.29 is 24.9 Å². The Bertz CT molecular complexity index is 270. The SMILES string of the molecule is O=C(O)CC(O)(CCC1CCCC1)C(=O)O. The van der Waals surface area contributed by atoms with Crippen LogP contribution in [-0.4, -0.2) is 32.9 Å². The number of carbonyl (C=O) groups is 2. The van der Waals surface area contributed by atoms with Crippen molar-refractivity contribution in [2.24, 2.45) is 5.92 Å². The summed E-state index contributed by atoms with van der Waals surface area (Å²) in [6, 6.07) is 0. The van der Waals surface area contributed by atoms with Crippen LogP contribution in [0.4, 0.5) is 0 Å². The minimum Gasteiger partial charge on any atom is -0.481 e. The van der Waals surface area contributed by atoms with E-state index in [1.165, 1.54) is 0 Å². The van der Waals surface area contributed by atoms with E-state index in [4.69, 9.17) is 10.2 Å². The molecular formula is C11H18O5. The third kappa shape index (κ3) is 3.48. The smallest absolute Gasteiger partial charge is 0.336 e. The van der Waals surface area contributed by atoms with E-state index in [-0.39, 0.29) is 6.42 Å². The van der Waals surface area contributed by atoms with Crippen molar-refractivity contribution in [3.05, 3.63) is 0 Å². The van der Waals surface area contributed by atoms with Gasteiger partial charge >= 0.3 is 11.9 Å². The van der Waals surface area contributed by atoms with Gasteiger partial charge in [0, 0.05) is 0 Å². The third-order valence-corrected chi connectivity index (χ3v) is 3.28. The fourth-order valence-electron chi connectivity index (χ4n) is 2.26. The van der Waals surface area contributed by atoms with Crippen LogP contribution in [0.15, 0.2) is 0 Å². The van der Waals surface area contributed by atoms with Gasteiger partial charge in [0.25, 0.3) is 0 Å². The van der Waals surface area contributed by atoms with Crippen molar-refractivity contribution in [2.75, 3.05) is 0 Å². The Morgan fingerprint density at radius 2 is 1.75 bits per heavy atom. The average molecular weight is 230 g/mol. The van der Waals surface area contributed by atoms with Gasteiger partial charge < -0.3 is 15.3 Å². The molecule has 16 heavy (non-hydrogen) atoms. The van der Waals surface area contributed by atoms with Gasteiger partial charge in [-0.25, -0.2) is 4.79 Å². The summed E-state index contributed by atoms with van der Waals surface area (Å²) in [5.74, 6) is -2.27. The highest BCUT2D eigenvalue weighted by Crippen LogP contribution is 2.31. The Morgan fingerprint density at radius 3 is 2.19 bits per heavy atom. The van der Waals surface area contributed by atoms with Crippen LogP contribution in [0.5, 0.6) is 0 Å². The van der Waals surface area contributed by atoms with Crippen LogP contribution in [0.3, 0.4) is 0 Å². The van der Waals surface area contributed by atoms with Gasteiger partial charge in [0.15, 0.2) is 5.60 Å². The van der Waals surface area contributed by atoms with Crippen molar-refractivity contribution in [1.82, 2.24) is 0 Å². The molecule has 1 rings (SSSR count). The predicted molar refractivity (Wildman–Crippen MR) is 56.0 cm³/mol. The Balaban J connectivity index is 2.49. The Kier molecular flexibility index (Phi) is 4.29. The van der Waals surface area contributed by atoms with E-state index in [2.05, 4.69) is 0 Å². The maximum atomic E-state index is 10.8. The van der Waals surface area contributed by atoms with Crippen LogP contribution in [0, 0.1) is 5.92 Å². The lowest BCUT2D eigenvalue weighted by Gasteiger charge is -2.22. The lowest BCUT2D eigenvalue weighted by Crippen LogP contribution is -2.41. The van der Waals surface area contributed by atoms with Crippen LogP contribution in [0.1, 0.15) is 44.9 Å². The summed E-state index contributed by atoms with van der Waals surface area (Å²) in [5, 5.41) is 27.1. The van der Waals surface area contributed by atoms with E-state index < -0.39 is 24.0 Å². The van der Waals surface area contributed by atoms with Crippen LogP contribution >= 0.6 is 0 Å². The molecule has 1 unspecified atom stereocenters. The molecule has 0 aromatic heterocycles. The van der Waals surface area contributed by atoms with Gasteiger partial charge in [-0.1, -0.05) is 25.7 Å². The molecule has 0 radical (unpaired) electrons. The molecule has 0 heterocycles. The zero-order valence-electron chi connectivity index (χ0n) is 9.19. The van der Waals surface area contributed by atoms with Gasteiger partial charge in [0.1, 0.15) is 0 Å². The van der Waals surface area contributed by atoms with E-state index in [0.717, 1.165) is 25.7 Å². The highest BCUT2D eigenvalue weighted by Gasteiger charge is 2.38. The largest absolute Gasteiger partial charge is 0.481 e. The maximum absolute atomic E-state index is 10.8. The number of carboxylic acid groups (broad SMARTS) is 2. The van der Waals surface area contributed by atoms with Crippen LogP contribution < -0.4 is 0 Å². The molecule has 0 bridgehead atoms.